The molecule has 0 spiro atoms. The fraction of sp³-hybridized carbons (Fsp3) is 0.400. The van der Waals surface area contributed by atoms with Crippen molar-refractivity contribution in [2.45, 2.75) is 23.5 Å². The van der Waals surface area contributed by atoms with Crippen LogP contribution in [0, 0.1) is 11.3 Å². The van der Waals surface area contributed by atoms with E-state index >= 15 is 0 Å². The van der Waals surface area contributed by atoms with Crippen molar-refractivity contribution < 1.29 is 4.79 Å². The van der Waals surface area contributed by atoms with Crippen LogP contribution in [-0.4, -0.2) is 12.0 Å². The maximum Gasteiger partial charge on any atom is 0.165 e. The van der Waals surface area contributed by atoms with Gasteiger partial charge in [0.15, 0.2) is 5.78 Å². The van der Waals surface area contributed by atoms with Crippen LogP contribution in [0.1, 0.15) is 33.6 Å². The van der Waals surface area contributed by atoms with Gasteiger partial charge in [0.1, 0.15) is 10.9 Å². The van der Waals surface area contributed by atoms with Crippen LogP contribution >= 0.6 is 23.1 Å². The molecular weight excluding hydrogens is 214 g/mol. The smallest absolute Gasteiger partial charge is 0.165 e. The molecule has 4 heteroatoms. The van der Waals surface area contributed by atoms with E-state index in [0.29, 0.717) is 6.42 Å². The quantitative estimate of drug-likeness (QED) is 0.687. The lowest BCUT2D eigenvalue weighted by atomic mass is 9.93. The minimum Gasteiger partial charge on any atom is -0.294 e. The number of thioether (sulfide) groups is 1. The molecule has 2 rings (SSSR count). The van der Waals surface area contributed by atoms with Gasteiger partial charge >= 0.3 is 0 Å². The van der Waals surface area contributed by atoms with Crippen LogP contribution in [0.25, 0.3) is 0 Å². The number of hydrogen-bond donors (Lipinski definition) is 0. The van der Waals surface area contributed by atoms with Crippen LogP contribution in [-0.2, 0) is 6.42 Å². The van der Waals surface area contributed by atoms with Crippen molar-refractivity contribution in [2.75, 3.05) is 6.26 Å². The van der Waals surface area contributed by atoms with Gasteiger partial charge in [0.05, 0.1) is 4.21 Å². The van der Waals surface area contributed by atoms with Gasteiger partial charge in [-0.3, -0.25) is 4.79 Å². The molecule has 72 valence electrons. The Morgan fingerprint density at radius 3 is 2.93 bits per heavy atom. The fourth-order valence-electron chi connectivity index (χ4n) is 1.75. The predicted octanol–water partition coefficient (Wildman–Crippen LogP) is 2.86. The van der Waals surface area contributed by atoms with Crippen molar-refractivity contribution in [1.29, 1.82) is 5.26 Å². The second kappa shape index (κ2) is 3.76. The number of rotatable bonds is 1. The average Bonchev–Trinajstić information content (AvgIpc) is 2.57. The summed E-state index contributed by atoms with van der Waals surface area (Å²) in [4.78, 5) is 12.4. The molecule has 0 atom stereocenters. The lowest BCUT2D eigenvalue weighted by Gasteiger charge is -2.10. The van der Waals surface area contributed by atoms with Crippen molar-refractivity contribution in [2.24, 2.45) is 0 Å². The fourth-order valence-corrected chi connectivity index (χ4v) is 3.67. The summed E-state index contributed by atoms with van der Waals surface area (Å²) >= 11 is 3.03. The Morgan fingerprint density at radius 2 is 2.29 bits per heavy atom. The Labute approximate surface area is 90.9 Å². The van der Waals surface area contributed by atoms with Crippen molar-refractivity contribution in [1.82, 2.24) is 0 Å². The van der Waals surface area contributed by atoms with Gasteiger partial charge in [-0.2, -0.15) is 5.26 Å². The number of thiophene rings is 1. The minimum absolute atomic E-state index is 0.216. The molecule has 14 heavy (non-hydrogen) atoms. The van der Waals surface area contributed by atoms with Gasteiger partial charge in [-0.25, -0.2) is 0 Å². The van der Waals surface area contributed by atoms with Gasteiger partial charge in [0, 0.05) is 12.0 Å². The highest BCUT2D eigenvalue weighted by Crippen LogP contribution is 2.38. The summed E-state index contributed by atoms with van der Waals surface area (Å²) in [5.74, 6) is 0.216. The molecule has 1 heterocycles. The van der Waals surface area contributed by atoms with Crippen molar-refractivity contribution in [3.8, 4) is 6.07 Å². The van der Waals surface area contributed by atoms with Crippen LogP contribution in [0.4, 0.5) is 0 Å². The van der Waals surface area contributed by atoms with Crippen molar-refractivity contribution in [3.63, 3.8) is 0 Å². The first kappa shape index (κ1) is 9.75. The molecule has 0 aliphatic heterocycles. The Hall–Kier alpha value is -0.790. The minimum atomic E-state index is 0.216. The number of hydrogen-bond acceptors (Lipinski definition) is 4. The Balaban J connectivity index is 2.63. The Morgan fingerprint density at radius 1 is 1.50 bits per heavy atom. The van der Waals surface area contributed by atoms with Gasteiger partial charge in [0.25, 0.3) is 0 Å². The van der Waals surface area contributed by atoms with Gasteiger partial charge in [0.2, 0.25) is 0 Å². The van der Waals surface area contributed by atoms with E-state index in [1.807, 2.05) is 6.26 Å². The molecule has 2 nitrogen and oxygen atoms in total. The summed E-state index contributed by atoms with van der Waals surface area (Å²) in [6.45, 7) is 0. The second-order valence-corrected chi connectivity index (χ2v) is 5.26. The van der Waals surface area contributed by atoms with Gasteiger partial charge in [-0.05, 0) is 24.7 Å². The van der Waals surface area contributed by atoms with Crippen LogP contribution in [0.15, 0.2) is 4.21 Å². The summed E-state index contributed by atoms with van der Waals surface area (Å²) in [6.07, 6.45) is 4.38. The molecule has 0 saturated heterocycles. The van der Waals surface area contributed by atoms with Gasteiger partial charge in [-0.15, -0.1) is 23.1 Å². The molecule has 0 bridgehead atoms. The first-order valence-corrected chi connectivity index (χ1v) is 6.45. The standard InChI is InChI=1S/C10H9NOS2/c1-13-10-9-6(8(5-11)14-10)3-2-4-7(9)12/h2-4H2,1H3. The summed E-state index contributed by atoms with van der Waals surface area (Å²) in [5, 5.41) is 8.93. The molecule has 0 unspecified atom stereocenters. The maximum absolute atomic E-state index is 11.7. The third-order valence-corrected chi connectivity index (χ3v) is 4.63. The third kappa shape index (κ3) is 1.37. The van der Waals surface area contributed by atoms with Crippen molar-refractivity contribution >= 4 is 28.9 Å². The molecule has 1 aromatic heterocycles. The zero-order valence-electron chi connectivity index (χ0n) is 7.79. The molecule has 0 amide bonds. The van der Waals surface area contributed by atoms with Crippen LogP contribution in [0.5, 0.6) is 0 Å². The molecule has 1 aliphatic carbocycles. The number of carbonyl (C=O) groups excluding carboxylic acids is 1. The Bertz CT molecular complexity index is 428. The number of nitrogens with zero attached hydrogens (tertiary/aromatic N) is 1. The molecule has 1 aromatic rings. The lowest BCUT2D eigenvalue weighted by Crippen LogP contribution is -2.09. The molecule has 0 aromatic carbocycles. The zero-order valence-corrected chi connectivity index (χ0v) is 9.43. The molecule has 0 radical (unpaired) electrons. The molecule has 0 saturated carbocycles. The number of fused-ring (bicyclic) bond motifs is 1. The van der Waals surface area contributed by atoms with Gasteiger partial charge < -0.3 is 0 Å². The first-order valence-electron chi connectivity index (χ1n) is 4.41. The van der Waals surface area contributed by atoms with Gasteiger partial charge in [-0.1, -0.05) is 0 Å². The highest BCUT2D eigenvalue weighted by Gasteiger charge is 2.26. The van der Waals surface area contributed by atoms with Crippen LogP contribution < -0.4 is 0 Å². The SMILES string of the molecule is CSc1sc(C#N)c2c1C(=O)CCC2. The van der Waals surface area contributed by atoms with E-state index in [0.717, 1.165) is 33.1 Å². The normalized spacial score (nSPS) is 15.0. The van der Waals surface area contributed by atoms with E-state index in [-0.39, 0.29) is 5.78 Å². The molecule has 1 aliphatic rings. The van der Waals surface area contributed by atoms with Crippen molar-refractivity contribution in [3.05, 3.63) is 16.0 Å². The number of nitriles is 1. The first-order chi connectivity index (χ1) is 6.77. The third-order valence-electron chi connectivity index (χ3n) is 2.37. The molecule has 0 fully saturated rings. The zero-order chi connectivity index (χ0) is 10.1. The topological polar surface area (TPSA) is 40.9 Å². The van der Waals surface area contributed by atoms with Crippen LogP contribution in [0.2, 0.25) is 0 Å². The Kier molecular flexibility index (Phi) is 2.62. The molecule has 0 N–H and O–H groups in total. The largest absolute Gasteiger partial charge is 0.294 e. The average molecular weight is 223 g/mol. The van der Waals surface area contributed by atoms with E-state index < -0.39 is 0 Å². The second-order valence-electron chi connectivity index (χ2n) is 3.16. The van der Waals surface area contributed by atoms with E-state index in [4.69, 9.17) is 5.26 Å². The highest BCUT2D eigenvalue weighted by molar-refractivity contribution is 8.00. The van der Waals surface area contributed by atoms with E-state index in [1.165, 1.54) is 11.3 Å². The summed E-state index contributed by atoms with van der Waals surface area (Å²) in [6, 6.07) is 2.18. The summed E-state index contributed by atoms with van der Waals surface area (Å²) < 4.78 is 1.02. The van der Waals surface area contributed by atoms with Crippen LogP contribution in [0.3, 0.4) is 0 Å². The highest BCUT2D eigenvalue weighted by atomic mass is 32.2. The van der Waals surface area contributed by atoms with E-state index in [2.05, 4.69) is 6.07 Å². The van der Waals surface area contributed by atoms with E-state index in [1.54, 1.807) is 11.8 Å². The predicted molar refractivity (Wildman–Crippen MR) is 58.1 cm³/mol. The lowest BCUT2D eigenvalue weighted by molar-refractivity contribution is 0.0970. The maximum atomic E-state index is 11.7. The number of Topliss-reactive ketones (excluding diaryl/α,β-unsaturated/α-hetero) is 1. The summed E-state index contributed by atoms with van der Waals surface area (Å²) in [5.41, 5.74) is 1.84. The summed E-state index contributed by atoms with van der Waals surface area (Å²) in [7, 11) is 0. The van der Waals surface area contributed by atoms with E-state index in [9.17, 15) is 4.79 Å². The molecular formula is C10H9NOS2. The number of ketones is 1. The monoisotopic (exact) mass is 223 g/mol. The number of carbonyl (C=O) groups is 1.